The number of benzene rings is 2. The predicted octanol–water partition coefficient (Wildman–Crippen LogP) is 4.37. The molecule has 0 aromatic heterocycles. The topological polar surface area (TPSA) is 95.9 Å². The third-order valence-electron chi connectivity index (χ3n) is 4.75. The van der Waals surface area contributed by atoms with E-state index in [1.165, 1.54) is 19.2 Å². The molecule has 0 atom stereocenters. The summed E-state index contributed by atoms with van der Waals surface area (Å²) in [7, 11) is -2.81. The van der Waals surface area contributed by atoms with Gasteiger partial charge in [-0.25, -0.2) is 13.9 Å². The first-order valence-corrected chi connectivity index (χ1v) is 11.3. The first-order chi connectivity index (χ1) is 15.1. The Hall–Kier alpha value is -2.79. The van der Waals surface area contributed by atoms with Crippen molar-refractivity contribution in [2.45, 2.75) is 43.2 Å². The number of rotatable bonds is 11. The number of carbonyl (C=O) groups is 1. The Morgan fingerprint density at radius 3 is 2.31 bits per heavy atom. The molecule has 176 valence electrons. The van der Waals surface area contributed by atoms with E-state index in [2.05, 4.69) is 0 Å². The fourth-order valence-electron chi connectivity index (χ4n) is 3.05. The molecule has 0 aliphatic rings. The van der Waals surface area contributed by atoms with E-state index in [1.54, 1.807) is 17.6 Å². The Labute approximate surface area is 184 Å². The van der Waals surface area contributed by atoms with E-state index in [9.17, 15) is 26.4 Å². The van der Waals surface area contributed by atoms with E-state index in [-0.39, 0.29) is 13.0 Å². The second kappa shape index (κ2) is 11.2. The van der Waals surface area contributed by atoms with Crippen molar-refractivity contribution in [3.63, 3.8) is 0 Å². The number of nitrogens with one attached hydrogen (secondary N) is 1. The Morgan fingerprint density at radius 1 is 1.06 bits per heavy atom. The minimum atomic E-state index is -4.67. The fraction of sp³-hybridized carbons (Fsp3) is 0.381. The van der Waals surface area contributed by atoms with Crippen LogP contribution in [0.3, 0.4) is 0 Å². The summed E-state index contributed by atoms with van der Waals surface area (Å²) in [6.45, 7) is 0.0388. The van der Waals surface area contributed by atoms with Gasteiger partial charge >= 0.3 is 6.18 Å². The van der Waals surface area contributed by atoms with Crippen LogP contribution in [0.15, 0.2) is 53.4 Å². The van der Waals surface area contributed by atoms with Gasteiger partial charge in [-0.3, -0.25) is 14.3 Å². The highest BCUT2D eigenvalue weighted by Crippen LogP contribution is 2.32. The summed E-state index contributed by atoms with van der Waals surface area (Å²) >= 11 is 0. The average Bonchev–Trinajstić information content (AvgIpc) is 2.77. The molecule has 0 fully saturated rings. The van der Waals surface area contributed by atoms with Crippen molar-refractivity contribution in [3.8, 4) is 5.75 Å². The van der Waals surface area contributed by atoms with Gasteiger partial charge in [0.25, 0.3) is 10.0 Å². The molecule has 0 aliphatic carbocycles. The van der Waals surface area contributed by atoms with Crippen molar-refractivity contribution in [3.05, 3.63) is 54.1 Å². The summed E-state index contributed by atoms with van der Waals surface area (Å²) < 4.78 is 72.0. The normalized spacial score (nSPS) is 11.8. The van der Waals surface area contributed by atoms with Gasteiger partial charge in [0.1, 0.15) is 5.75 Å². The SMILES string of the molecule is COc1ccc(N(CCCCCCC(=O)NO)S(=O)(=O)c2cccc(C(F)(F)F)c2)cc1. The number of amides is 1. The molecule has 2 N–H and O–H groups in total. The molecular formula is C21H25F3N2O5S. The molecule has 1 amide bonds. The maximum atomic E-state index is 13.3. The van der Waals surface area contributed by atoms with Crippen LogP contribution >= 0.6 is 0 Å². The number of carbonyl (C=O) groups excluding carboxylic acids is 1. The van der Waals surface area contributed by atoms with Crippen LogP contribution in [0.25, 0.3) is 0 Å². The van der Waals surface area contributed by atoms with E-state index in [1.807, 2.05) is 0 Å². The summed E-state index contributed by atoms with van der Waals surface area (Å²) in [5.74, 6) is 0.00399. The summed E-state index contributed by atoms with van der Waals surface area (Å²) in [5.41, 5.74) is 0.790. The molecule has 0 radical (unpaired) electrons. The molecule has 0 saturated carbocycles. The highest BCUT2D eigenvalue weighted by Gasteiger charge is 2.33. The number of alkyl halides is 3. The van der Waals surface area contributed by atoms with Gasteiger partial charge in [-0.1, -0.05) is 18.9 Å². The third-order valence-corrected chi connectivity index (χ3v) is 6.57. The highest BCUT2D eigenvalue weighted by molar-refractivity contribution is 7.92. The number of nitrogens with zero attached hydrogens (tertiary/aromatic N) is 1. The molecule has 2 aromatic carbocycles. The van der Waals surface area contributed by atoms with Crippen LogP contribution in [0.1, 0.15) is 37.7 Å². The lowest BCUT2D eigenvalue weighted by Gasteiger charge is -2.25. The number of halogens is 3. The van der Waals surface area contributed by atoms with E-state index >= 15 is 0 Å². The second-order valence-corrected chi connectivity index (χ2v) is 8.86. The van der Waals surface area contributed by atoms with E-state index in [0.29, 0.717) is 43.2 Å². The molecule has 2 rings (SSSR count). The lowest BCUT2D eigenvalue weighted by Crippen LogP contribution is -2.32. The largest absolute Gasteiger partial charge is 0.497 e. The molecule has 0 heterocycles. The monoisotopic (exact) mass is 474 g/mol. The number of unbranched alkanes of at least 4 members (excludes halogenated alkanes) is 3. The van der Waals surface area contributed by atoms with Crippen molar-refractivity contribution >= 4 is 21.6 Å². The second-order valence-electron chi connectivity index (χ2n) is 7.00. The molecule has 0 saturated heterocycles. The van der Waals surface area contributed by atoms with E-state index in [4.69, 9.17) is 9.94 Å². The maximum absolute atomic E-state index is 13.3. The maximum Gasteiger partial charge on any atom is 0.416 e. The molecule has 0 aliphatic heterocycles. The van der Waals surface area contributed by atoms with Gasteiger partial charge in [-0.05, 0) is 55.3 Å². The minimum absolute atomic E-state index is 0.0388. The van der Waals surface area contributed by atoms with Crippen LogP contribution in [-0.4, -0.2) is 33.2 Å². The quantitative estimate of drug-likeness (QED) is 0.287. The molecule has 2 aromatic rings. The lowest BCUT2D eigenvalue weighted by atomic mass is 10.1. The van der Waals surface area contributed by atoms with Gasteiger partial charge in [0.2, 0.25) is 5.91 Å². The number of ether oxygens (including phenoxy) is 1. The molecule has 0 bridgehead atoms. The molecule has 7 nitrogen and oxygen atoms in total. The smallest absolute Gasteiger partial charge is 0.416 e. The van der Waals surface area contributed by atoms with Gasteiger partial charge in [-0.15, -0.1) is 0 Å². The first-order valence-electron chi connectivity index (χ1n) is 9.86. The fourth-order valence-corrected chi connectivity index (χ4v) is 4.60. The Bertz CT molecular complexity index is 995. The predicted molar refractivity (Wildman–Crippen MR) is 112 cm³/mol. The molecule has 0 spiro atoms. The summed E-state index contributed by atoms with van der Waals surface area (Å²) in [5, 5.41) is 8.49. The standard InChI is InChI=1S/C21H25F3N2O5S/c1-31-18-12-10-17(11-13-18)26(14-5-3-2-4-9-20(27)25-28)32(29,30)19-8-6-7-16(15-19)21(22,23)24/h6-8,10-13,15,28H,2-5,9,14H2,1H3,(H,25,27). The Balaban J connectivity index is 2.24. The zero-order valence-electron chi connectivity index (χ0n) is 17.4. The van der Waals surface area contributed by atoms with Gasteiger partial charge < -0.3 is 4.74 Å². The zero-order chi connectivity index (χ0) is 23.8. The highest BCUT2D eigenvalue weighted by atomic mass is 32.2. The van der Waals surface area contributed by atoms with Crippen molar-refractivity contribution in [1.29, 1.82) is 0 Å². The first kappa shape index (κ1) is 25.5. The summed E-state index contributed by atoms with van der Waals surface area (Å²) in [6, 6.07) is 9.82. The van der Waals surface area contributed by atoms with Crippen LogP contribution in [-0.2, 0) is 21.0 Å². The number of hydrogen-bond acceptors (Lipinski definition) is 5. The van der Waals surface area contributed by atoms with Crippen molar-refractivity contribution in [2.24, 2.45) is 0 Å². The Morgan fingerprint density at radius 2 is 1.72 bits per heavy atom. The number of hydrogen-bond donors (Lipinski definition) is 2. The number of sulfonamides is 1. The number of methoxy groups -OCH3 is 1. The number of anilines is 1. The summed E-state index contributed by atoms with van der Waals surface area (Å²) in [6.07, 6.45) is -2.39. The molecule has 11 heteroatoms. The van der Waals surface area contributed by atoms with Crippen LogP contribution in [0.2, 0.25) is 0 Å². The van der Waals surface area contributed by atoms with Crippen LogP contribution in [0.5, 0.6) is 5.75 Å². The van der Waals surface area contributed by atoms with Crippen molar-refractivity contribution in [1.82, 2.24) is 5.48 Å². The van der Waals surface area contributed by atoms with Gasteiger partial charge in [0.15, 0.2) is 0 Å². The lowest BCUT2D eigenvalue weighted by molar-refractivity contribution is -0.137. The van der Waals surface area contributed by atoms with Gasteiger partial charge in [0.05, 0.1) is 23.3 Å². The molecule has 0 unspecified atom stereocenters. The van der Waals surface area contributed by atoms with Crippen LogP contribution in [0.4, 0.5) is 18.9 Å². The summed E-state index contributed by atoms with van der Waals surface area (Å²) in [4.78, 5) is 10.6. The zero-order valence-corrected chi connectivity index (χ0v) is 18.2. The average molecular weight is 475 g/mol. The Kier molecular flexibility index (Phi) is 8.90. The third kappa shape index (κ3) is 6.86. The molecule has 32 heavy (non-hydrogen) atoms. The molecular weight excluding hydrogens is 449 g/mol. The van der Waals surface area contributed by atoms with Gasteiger partial charge in [0, 0.05) is 13.0 Å². The van der Waals surface area contributed by atoms with Crippen LogP contribution < -0.4 is 14.5 Å². The minimum Gasteiger partial charge on any atom is -0.497 e. The van der Waals surface area contributed by atoms with Crippen molar-refractivity contribution < 1.29 is 36.3 Å². The van der Waals surface area contributed by atoms with E-state index < -0.39 is 32.6 Å². The van der Waals surface area contributed by atoms with Crippen LogP contribution in [0, 0.1) is 0 Å². The van der Waals surface area contributed by atoms with Crippen molar-refractivity contribution in [2.75, 3.05) is 18.0 Å². The van der Waals surface area contributed by atoms with Gasteiger partial charge in [-0.2, -0.15) is 13.2 Å². The van der Waals surface area contributed by atoms with E-state index in [0.717, 1.165) is 22.5 Å². The number of hydroxylamine groups is 1.